The summed E-state index contributed by atoms with van der Waals surface area (Å²) >= 11 is 3.18. The molecule has 0 saturated carbocycles. The number of hydrogen-bond donors (Lipinski definition) is 1. The number of rotatable bonds is 4. The predicted molar refractivity (Wildman–Crippen MR) is 79.0 cm³/mol. The molecule has 2 rings (SSSR count). The van der Waals surface area contributed by atoms with Gasteiger partial charge in [0, 0.05) is 10.7 Å². The predicted octanol–water partition coefficient (Wildman–Crippen LogP) is 1.21. The van der Waals surface area contributed by atoms with Crippen LogP contribution in [0.1, 0.15) is 12.8 Å². The van der Waals surface area contributed by atoms with Crippen molar-refractivity contribution in [2.45, 2.75) is 17.7 Å². The zero-order valence-corrected chi connectivity index (χ0v) is 13.7. The average Bonchev–Trinajstić information content (AvgIpc) is 2.38. The molecule has 6 nitrogen and oxygen atoms in total. The van der Waals surface area contributed by atoms with Crippen molar-refractivity contribution in [1.82, 2.24) is 9.88 Å². The fourth-order valence-corrected chi connectivity index (χ4v) is 3.27. The van der Waals surface area contributed by atoms with Crippen LogP contribution < -0.4 is 9.88 Å². The first-order valence-electron chi connectivity index (χ1n) is 6.36. The lowest BCUT2D eigenvalue weighted by Crippen LogP contribution is -2.32. The monoisotopic (exact) mass is 363 g/mol. The van der Waals surface area contributed by atoms with Crippen LogP contribution in [0.3, 0.4) is 0 Å². The molecule has 0 amide bonds. The van der Waals surface area contributed by atoms with Gasteiger partial charge in [-0.1, -0.05) is 0 Å². The van der Waals surface area contributed by atoms with E-state index in [1.54, 1.807) is 0 Å². The molecular formula is C12H18BrN3O3S. The van der Waals surface area contributed by atoms with E-state index in [4.69, 9.17) is 9.88 Å². The van der Waals surface area contributed by atoms with Crippen LogP contribution in [0.4, 0.5) is 0 Å². The molecule has 1 aromatic heterocycles. The topological polar surface area (TPSA) is 85.5 Å². The highest BCUT2D eigenvalue weighted by Crippen LogP contribution is 2.25. The van der Waals surface area contributed by atoms with Gasteiger partial charge >= 0.3 is 0 Å². The fourth-order valence-electron chi connectivity index (χ4n) is 2.15. The van der Waals surface area contributed by atoms with E-state index in [-0.39, 0.29) is 10.8 Å². The molecule has 1 aliphatic rings. The van der Waals surface area contributed by atoms with Crippen molar-refractivity contribution < 1.29 is 13.2 Å². The van der Waals surface area contributed by atoms with Gasteiger partial charge in [0.25, 0.3) is 0 Å². The van der Waals surface area contributed by atoms with Gasteiger partial charge in [-0.25, -0.2) is 18.5 Å². The summed E-state index contributed by atoms with van der Waals surface area (Å²) in [6.07, 6.45) is 3.58. The first kappa shape index (κ1) is 15.7. The number of pyridine rings is 1. The van der Waals surface area contributed by atoms with Crippen LogP contribution in [0, 0.1) is 5.92 Å². The lowest BCUT2D eigenvalue weighted by atomic mass is 9.98. The van der Waals surface area contributed by atoms with E-state index < -0.39 is 10.0 Å². The van der Waals surface area contributed by atoms with Crippen molar-refractivity contribution in [2.24, 2.45) is 11.1 Å². The molecule has 0 aliphatic carbocycles. The third-order valence-electron chi connectivity index (χ3n) is 3.39. The number of sulfonamides is 1. The maximum atomic E-state index is 11.5. The van der Waals surface area contributed by atoms with Crippen LogP contribution in [-0.4, -0.2) is 45.0 Å². The van der Waals surface area contributed by atoms with Gasteiger partial charge in [-0.2, -0.15) is 0 Å². The van der Waals surface area contributed by atoms with Gasteiger partial charge in [0.15, 0.2) is 0 Å². The molecule has 0 radical (unpaired) electrons. The largest absolute Gasteiger partial charge is 0.476 e. The second kappa shape index (κ2) is 6.38. The quantitative estimate of drug-likeness (QED) is 0.868. The minimum atomic E-state index is -3.84. The van der Waals surface area contributed by atoms with Crippen molar-refractivity contribution in [3.63, 3.8) is 0 Å². The molecule has 0 spiro atoms. The molecule has 1 aliphatic heterocycles. The van der Waals surface area contributed by atoms with Crippen molar-refractivity contribution >= 4 is 26.0 Å². The third kappa shape index (κ3) is 4.15. The first-order chi connectivity index (χ1) is 9.36. The van der Waals surface area contributed by atoms with E-state index in [1.165, 1.54) is 12.3 Å². The molecule has 2 heterocycles. The van der Waals surface area contributed by atoms with Crippen LogP contribution in [0.5, 0.6) is 5.88 Å². The zero-order valence-electron chi connectivity index (χ0n) is 11.3. The SMILES string of the molecule is CN1CCC(COc2ncc(Br)cc2S(N)(=O)=O)CC1. The van der Waals surface area contributed by atoms with Gasteiger partial charge in [0.05, 0.1) is 6.61 Å². The molecule has 0 unspecified atom stereocenters. The summed E-state index contributed by atoms with van der Waals surface area (Å²) in [4.78, 5) is 6.19. The summed E-state index contributed by atoms with van der Waals surface area (Å²) in [6.45, 7) is 2.53. The number of ether oxygens (including phenoxy) is 1. The summed E-state index contributed by atoms with van der Waals surface area (Å²) in [5.41, 5.74) is 0. The summed E-state index contributed by atoms with van der Waals surface area (Å²) in [7, 11) is -1.75. The van der Waals surface area contributed by atoms with E-state index in [1.807, 2.05) is 0 Å². The Morgan fingerprint density at radius 1 is 1.50 bits per heavy atom. The zero-order chi connectivity index (χ0) is 14.8. The lowest BCUT2D eigenvalue weighted by Gasteiger charge is -2.28. The Bertz CT molecular complexity index is 571. The Morgan fingerprint density at radius 3 is 2.75 bits per heavy atom. The highest BCUT2D eigenvalue weighted by Gasteiger charge is 2.21. The number of aromatic nitrogens is 1. The van der Waals surface area contributed by atoms with Gasteiger partial charge < -0.3 is 9.64 Å². The number of nitrogens with two attached hydrogens (primary N) is 1. The highest BCUT2D eigenvalue weighted by molar-refractivity contribution is 9.10. The number of hydrogen-bond acceptors (Lipinski definition) is 5. The van der Waals surface area contributed by atoms with Crippen LogP contribution in [-0.2, 0) is 10.0 Å². The second-order valence-electron chi connectivity index (χ2n) is 5.06. The van der Waals surface area contributed by atoms with E-state index in [2.05, 4.69) is 32.9 Å². The molecule has 0 atom stereocenters. The van der Waals surface area contributed by atoms with Crippen molar-refractivity contribution in [1.29, 1.82) is 0 Å². The lowest BCUT2D eigenvalue weighted by molar-refractivity contribution is 0.154. The molecule has 112 valence electrons. The van der Waals surface area contributed by atoms with Crippen LogP contribution in [0.2, 0.25) is 0 Å². The van der Waals surface area contributed by atoms with Crippen LogP contribution >= 0.6 is 15.9 Å². The Hall–Kier alpha value is -0.700. The minimum absolute atomic E-state index is 0.0784. The Kier molecular flexibility index (Phi) is 5.00. The molecule has 20 heavy (non-hydrogen) atoms. The van der Waals surface area contributed by atoms with Gasteiger partial charge in [-0.05, 0) is 60.9 Å². The van der Waals surface area contributed by atoms with Crippen LogP contribution in [0.25, 0.3) is 0 Å². The highest BCUT2D eigenvalue weighted by atomic mass is 79.9. The maximum absolute atomic E-state index is 11.5. The smallest absolute Gasteiger partial charge is 0.243 e. The number of likely N-dealkylation sites (tertiary alicyclic amines) is 1. The van der Waals surface area contributed by atoms with Crippen molar-refractivity contribution in [3.8, 4) is 5.88 Å². The van der Waals surface area contributed by atoms with Crippen LogP contribution in [0.15, 0.2) is 21.6 Å². The van der Waals surface area contributed by atoms with E-state index in [9.17, 15) is 8.42 Å². The molecule has 1 fully saturated rings. The second-order valence-corrected chi connectivity index (χ2v) is 7.51. The number of nitrogens with zero attached hydrogens (tertiary/aromatic N) is 2. The Morgan fingerprint density at radius 2 is 2.15 bits per heavy atom. The molecule has 0 aromatic carbocycles. The molecule has 1 saturated heterocycles. The normalized spacial score (nSPS) is 18.1. The van der Waals surface area contributed by atoms with Crippen molar-refractivity contribution in [3.05, 3.63) is 16.7 Å². The molecular weight excluding hydrogens is 346 g/mol. The Balaban J connectivity index is 2.06. The maximum Gasteiger partial charge on any atom is 0.243 e. The minimum Gasteiger partial charge on any atom is -0.476 e. The Labute approximate surface area is 127 Å². The van der Waals surface area contributed by atoms with Gasteiger partial charge in [-0.15, -0.1) is 0 Å². The molecule has 8 heteroatoms. The number of piperidine rings is 1. The van der Waals surface area contributed by atoms with E-state index >= 15 is 0 Å². The summed E-state index contributed by atoms with van der Waals surface area (Å²) in [5, 5.41) is 5.18. The van der Waals surface area contributed by atoms with Gasteiger partial charge in [0.2, 0.25) is 15.9 Å². The summed E-state index contributed by atoms with van der Waals surface area (Å²) in [5.74, 6) is 0.500. The average molecular weight is 364 g/mol. The first-order valence-corrected chi connectivity index (χ1v) is 8.70. The van der Waals surface area contributed by atoms with E-state index in [0.717, 1.165) is 25.9 Å². The number of halogens is 1. The van der Waals surface area contributed by atoms with Gasteiger partial charge in [-0.3, -0.25) is 0 Å². The van der Waals surface area contributed by atoms with Gasteiger partial charge in [0.1, 0.15) is 4.90 Å². The standard InChI is InChI=1S/C12H18BrN3O3S/c1-16-4-2-9(3-5-16)8-19-12-11(20(14,17)18)6-10(13)7-15-12/h6-7,9H,2-5,8H2,1H3,(H2,14,17,18). The molecule has 2 N–H and O–H groups in total. The van der Waals surface area contributed by atoms with E-state index in [0.29, 0.717) is 17.0 Å². The molecule has 0 bridgehead atoms. The molecule has 1 aromatic rings. The number of primary sulfonamides is 1. The summed E-state index contributed by atoms with van der Waals surface area (Å²) < 4.78 is 29.2. The van der Waals surface area contributed by atoms with Crippen molar-refractivity contribution in [2.75, 3.05) is 26.7 Å². The third-order valence-corrected chi connectivity index (χ3v) is 4.72. The summed E-state index contributed by atoms with van der Waals surface area (Å²) in [6, 6.07) is 1.41. The fraction of sp³-hybridized carbons (Fsp3) is 0.583.